The third kappa shape index (κ3) is 3.67. The van der Waals surface area contributed by atoms with Gasteiger partial charge in [-0.3, -0.25) is 4.98 Å². The van der Waals surface area contributed by atoms with Crippen molar-refractivity contribution in [1.29, 1.82) is 0 Å². The number of nitrogens with zero attached hydrogens (tertiary/aromatic N) is 1. The maximum absolute atomic E-state index is 12.5. The molecule has 1 N–H and O–H groups in total. The highest BCUT2D eigenvalue weighted by atomic mass is 16.5. The number of esters is 1. The molecule has 0 amide bonds. The van der Waals surface area contributed by atoms with E-state index in [1.54, 1.807) is 6.20 Å². The molecule has 0 atom stereocenters. The first-order valence-corrected chi connectivity index (χ1v) is 9.40. The van der Waals surface area contributed by atoms with Crippen LogP contribution >= 0.6 is 0 Å². The van der Waals surface area contributed by atoms with Gasteiger partial charge >= 0.3 is 5.97 Å². The van der Waals surface area contributed by atoms with Crippen LogP contribution in [-0.2, 0) is 11.3 Å². The lowest BCUT2D eigenvalue weighted by Gasteiger charge is -2.15. The monoisotopic (exact) mass is 370 g/mol. The number of hydrogen-bond acceptors (Lipinski definition) is 4. The van der Waals surface area contributed by atoms with Gasteiger partial charge in [0, 0.05) is 34.9 Å². The lowest BCUT2D eigenvalue weighted by Crippen LogP contribution is -2.10. The van der Waals surface area contributed by atoms with E-state index in [-0.39, 0.29) is 12.6 Å². The van der Waals surface area contributed by atoms with Crippen LogP contribution in [0.3, 0.4) is 0 Å². The Kier molecular flexibility index (Phi) is 4.94. The van der Waals surface area contributed by atoms with Crippen molar-refractivity contribution >= 4 is 33.2 Å². The lowest BCUT2D eigenvalue weighted by molar-refractivity contribution is 0.0473. The van der Waals surface area contributed by atoms with Gasteiger partial charge in [0.2, 0.25) is 0 Å². The zero-order chi connectivity index (χ0) is 19.5. The highest BCUT2D eigenvalue weighted by Crippen LogP contribution is 2.32. The Bertz CT molecular complexity index is 1140. The molecule has 0 bridgehead atoms. The fraction of sp³-hybridized carbons (Fsp3) is 0.167. The maximum Gasteiger partial charge on any atom is 0.338 e. The Morgan fingerprint density at radius 2 is 1.82 bits per heavy atom. The number of nitrogens with one attached hydrogen (secondary N) is 1. The summed E-state index contributed by atoms with van der Waals surface area (Å²) in [5.74, 6) is -0.324. The highest BCUT2D eigenvalue weighted by molar-refractivity contribution is 6.13. The van der Waals surface area contributed by atoms with Crippen LogP contribution < -0.4 is 5.32 Å². The lowest BCUT2D eigenvalue weighted by atomic mass is 9.99. The Labute approximate surface area is 164 Å². The molecule has 28 heavy (non-hydrogen) atoms. The van der Waals surface area contributed by atoms with Gasteiger partial charge in [0.05, 0.1) is 5.56 Å². The van der Waals surface area contributed by atoms with E-state index in [4.69, 9.17) is 4.74 Å². The topological polar surface area (TPSA) is 51.2 Å². The van der Waals surface area contributed by atoms with Crippen LogP contribution in [0.1, 0.15) is 29.8 Å². The number of aromatic nitrogens is 1. The molecular formula is C24H22N2O2. The van der Waals surface area contributed by atoms with Crippen LogP contribution in [0, 0.1) is 0 Å². The quantitative estimate of drug-likeness (QED) is 0.369. The minimum atomic E-state index is -0.324. The second-order valence-electron chi connectivity index (χ2n) is 7.14. The highest BCUT2D eigenvalue weighted by Gasteiger charge is 2.12. The smallest absolute Gasteiger partial charge is 0.338 e. The fourth-order valence-electron chi connectivity index (χ4n) is 3.37. The van der Waals surface area contributed by atoms with Crippen LogP contribution in [-0.4, -0.2) is 17.0 Å². The number of anilines is 1. The number of benzene rings is 3. The van der Waals surface area contributed by atoms with Crippen molar-refractivity contribution in [2.24, 2.45) is 0 Å². The number of fused-ring (bicyclic) bond motifs is 3. The number of carbonyl (C=O) groups excluding carboxylic acids is 1. The van der Waals surface area contributed by atoms with Gasteiger partial charge in [-0.25, -0.2) is 4.79 Å². The molecule has 4 rings (SSSR count). The Morgan fingerprint density at radius 1 is 1.00 bits per heavy atom. The van der Waals surface area contributed by atoms with Crippen molar-refractivity contribution in [1.82, 2.24) is 4.98 Å². The zero-order valence-corrected chi connectivity index (χ0v) is 16.0. The molecule has 140 valence electrons. The number of carbonyl (C=O) groups is 1. The van der Waals surface area contributed by atoms with Gasteiger partial charge in [-0.05, 0) is 54.4 Å². The molecule has 3 aromatic carbocycles. The first-order chi connectivity index (χ1) is 13.6. The number of hydrogen-bond donors (Lipinski definition) is 1. The molecule has 0 aliphatic rings. The SMILES string of the molecule is CC(C)Nc1cc2cc(C(=O)OCc3ccccc3)ccc2c2cnccc12. The minimum Gasteiger partial charge on any atom is -0.457 e. The summed E-state index contributed by atoms with van der Waals surface area (Å²) < 4.78 is 5.48. The molecule has 0 saturated carbocycles. The summed E-state index contributed by atoms with van der Waals surface area (Å²) in [6.07, 6.45) is 3.67. The van der Waals surface area contributed by atoms with Crippen LogP contribution in [0.5, 0.6) is 0 Å². The third-order valence-electron chi connectivity index (χ3n) is 4.65. The summed E-state index contributed by atoms with van der Waals surface area (Å²) in [5, 5.41) is 7.73. The summed E-state index contributed by atoms with van der Waals surface area (Å²) in [7, 11) is 0. The van der Waals surface area contributed by atoms with E-state index in [9.17, 15) is 4.79 Å². The maximum atomic E-state index is 12.5. The van der Waals surface area contributed by atoms with Crippen molar-refractivity contribution in [3.8, 4) is 0 Å². The van der Waals surface area contributed by atoms with Gasteiger partial charge < -0.3 is 10.1 Å². The summed E-state index contributed by atoms with van der Waals surface area (Å²) >= 11 is 0. The van der Waals surface area contributed by atoms with Gasteiger partial charge in [-0.15, -0.1) is 0 Å². The standard InChI is InChI=1S/C24H22N2O2/c1-16(2)26-23-13-19-12-18(24(27)28-15-17-6-4-3-5-7-17)8-9-20(19)22-14-25-11-10-21(22)23/h3-14,16,26H,15H2,1-2H3. The second-order valence-corrected chi connectivity index (χ2v) is 7.14. The van der Waals surface area contributed by atoms with E-state index in [0.717, 1.165) is 32.8 Å². The Morgan fingerprint density at radius 3 is 2.61 bits per heavy atom. The third-order valence-corrected chi connectivity index (χ3v) is 4.65. The summed E-state index contributed by atoms with van der Waals surface area (Å²) in [4.78, 5) is 16.8. The van der Waals surface area contributed by atoms with Crippen molar-refractivity contribution in [3.05, 3.63) is 84.2 Å². The van der Waals surface area contributed by atoms with Gasteiger partial charge in [0.25, 0.3) is 0 Å². The summed E-state index contributed by atoms with van der Waals surface area (Å²) in [6.45, 7) is 4.47. The molecular weight excluding hydrogens is 348 g/mol. The van der Waals surface area contributed by atoms with Gasteiger partial charge in [0.1, 0.15) is 6.61 Å². The molecule has 1 aromatic heterocycles. The molecule has 0 unspecified atom stereocenters. The van der Waals surface area contributed by atoms with Gasteiger partial charge in [-0.1, -0.05) is 36.4 Å². The van der Waals surface area contributed by atoms with E-state index in [0.29, 0.717) is 11.6 Å². The molecule has 1 heterocycles. The van der Waals surface area contributed by atoms with Gasteiger partial charge in [0.15, 0.2) is 0 Å². The average Bonchev–Trinajstić information content (AvgIpc) is 2.72. The normalized spacial score (nSPS) is 11.1. The van der Waals surface area contributed by atoms with E-state index in [2.05, 4.69) is 30.2 Å². The number of pyridine rings is 1. The molecule has 0 spiro atoms. The molecule has 0 radical (unpaired) electrons. The largest absolute Gasteiger partial charge is 0.457 e. The summed E-state index contributed by atoms with van der Waals surface area (Å²) in [6, 6.07) is 19.8. The van der Waals surface area contributed by atoms with Crippen molar-refractivity contribution in [2.45, 2.75) is 26.5 Å². The van der Waals surface area contributed by atoms with Crippen LogP contribution in [0.4, 0.5) is 5.69 Å². The molecule has 4 aromatic rings. The summed E-state index contributed by atoms with van der Waals surface area (Å²) in [5.41, 5.74) is 2.55. The molecule has 0 aliphatic carbocycles. The van der Waals surface area contributed by atoms with Crippen LogP contribution in [0.15, 0.2) is 73.1 Å². The van der Waals surface area contributed by atoms with E-state index in [1.807, 2.05) is 60.8 Å². The number of ether oxygens (including phenoxy) is 1. The Hall–Kier alpha value is -3.40. The minimum absolute atomic E-state index is 0.263. The van der Waals surface area contributed by atoms with E-state index in [1.165, 1.54) is 0 Å². The second kappa shape index (κ2) is 7.69. The molecule has 0 fully saturated rings. The van der Waals surface area contributed by atoms with Crippen molar-refractivity contribution in [3.63, 3.8) is 0 Å². The average molecular weight is 370 g/mol. The fourth-order valence-corrected chi connectivity index (χ4v) is 3.37. The van der Waals surface area contributed by atoms with E-state index < -0.39 is 0 Å². The predicted molar refractivity (Wildman–Crippen MR) is 114 cm³/mol. The van der Waals surface area contributed by atoms with Crippen molar-refractivity contribution < 1.29 is 9.53 Å². The first kappa shape index (κ1) is 18.0. The molecule has 0 saturated heterocycles. The van der Waals surface area contributed by atoms with Crippen LogP contribution in [0.25, 0.3) is 21.5 Å². The Balaban J connectivity index is 1.69. The molecule has 4 nitrogen and oxygen atoms in total. The molecule has 0 aliphatic heterocycles. The van der Waals surface area contributed by atoms with Crippen LogP contribution in [0.2, 0.25) is 0 Å². The number of rotatable bonds is 5. The van der Waals surface area contributed by atoms with Crippen molar-refractivity contribution in [2.75, 3.05) is 5.32 Å². The first-order valence-electron chi connectivity index (χ1n) is 9.40. The van der Waals surface area contributed by atoms with E-state index >= 15 is 0 Å². The van der Waals surface area contributed by atoms with Gasteiger partial charge in [-0.2, -0.15) is 0 Å². The predicted octanol–water partition coefficient (Wildman–Crippen LogP) is 5.57. The molecule has 4 heteroatoms. The zero-order valence-electron chi connectivity index (χ0n) is 16.0.